The summed E-state index contributed by atoms with van der Waals surface area (Å²) in [5.41, 5.74) is 2.92. The number of hydrogen-bond acceptors (Lipinski definition) is 2. The molecule has 0 saturated carbocycles. The molecule has 0 spiro atoms. The van der Waals surface area contributed by atoms with Gasteiger partial charge in [-0.1, -0.05) is 41.4 Å². The molecular weight excluding hydrogens is 339 g/mol. The van der Waals surface area contributed by atoms with E-state index in [1.54, 1.807) is 0 Å². The summed E-state index contributed by atoms with van der Waals surface area (Å²) in [4.78, 5) is 14.7. The minimum Gasteiger partial charge on any atom is -0.349 e. The predicted octanol–water partition coefficient (Wildman–Crippen LogP) is 4.18. The zero-order valence-electron chi connectivity index (χ0n) is 14.3. The van der Waals surface area contributed by atoms with Crippen molar-refractivity contribution in [2.45, 2.75) is 32.4 Å². The van der Waals surface area contributed by atoms with Gasteiger partial charge in [-0.05, 0) is 43.5 Å². The molecule has 3 nitrogen and oxygen atoms in total. The van der Waals surface area contributed by atoms with Gasteiger partial charge in [0, 0.05) is 25.7 Å². The summed E-state index contributed by atoms with van der Waals surface area (Å²) in [6.45, 7) is 4.92. The van der Waals surface area contributed by atoms with Crippen LogP contribution in [0.4, 0.5) is 4.39 Å². The van der Waals surface area contributed by atoms with E-state index >= 15 is 0 Å². The van der Waals surface area contributed by atoms with Crippen LogP contribution in [0.1, 0.15) is 34.3 Å². The van der Waals surface area contributed by atoms with Crippen molar-refractivity contribution in [3.63, 3.8) is 0 Å². The number of carbonyl (C=O) groups excluding carboxylic acids is 1. The fourth-order valence-corrected chi connectivity index (χ4v) is 3.49. The number of aryl methyl sites for hydroxylation is 1. The molecule has 1 heterocycles. The smallest absolute Gasteiger partial charge is 0.253 e. The number of amides is 1. The zero-order valence-corrected chi connectivity index (χ0v) is 15.0. The molecule has 25 heavy (non-hydrogen) atoms. The van der Waals surface area contributed by atoms with Gasteiger partial charge < -0.3 is 5.32 Å². The summed E-state index contributed by atoms with van der Waals surface area (Å²) in [5, 5.41) is 3.16. The summed E-state index contributed by atoms with van der Waals surface area (Å²) in [5.74, 6) is -0.673. The van der Waals surface area contributed by atoms with E-state index in [2.05, 4.69) is 41.4 Å². The van der Waals surface area contributed by atoms with Gasteiger partial charge in [-0.3, -0.25) is 9.69 Å². The average molecular weight is 361 g/mol. The van der Waals surface area contributed by atoms with Crippen LogP contribution < -0.4 is 5.32 Å². The van der Waals surface area contributed by atoms with E-state index in [0.717, 1.165) is 32.5 Å². The first-order chi connectivity index (χ1) is 12.0. The van der Waals surface area contributed by atoms with Crippen molar-refractivity contribution in [1.82, 2.24) is 10.2 Å². The van der Waals surface area contributed by atoms with Gasteiger partial charge in [0.2, 0.25) is 0 Å². The van der Waals surface area contributed by atoms with Gasteiger partial charge in [0.05, 0.1) is 10.6 Å². The Morgan fingerprint density at radius 1 is 1.24 bits per heavy atom. The van der Waals surface area contributed by atoms with Gasteiger partial charge in [-0.15, -0.1) is 0 Å². The third-order valence-electron chi connectivity index (χ3n) is 4.59. The first-order valence-electron chi connectivity index (χ1n) is 8.55. The number of benzene rings is 2. The molecule has 2 aromatic carbocycles. The number of piperidine rings is 1. The lowest BCUT2D eigenvalue weighted by Gasteiger charge is -2.32. The number of nitrogens with one attached hydrogen (secondary N) is 1. The largest absolute Gasteiger partial charge is 0.349 e. The maximum absolute atomic E-state index is 13.1. The van der Waals surface area contributed by atoms with Crippen molar-refractivity contribution in [2.75, 3.05) is 13.1 Å². The molecule has 2 aromatic rings. The van der Waals surface area contributed by atoms with Crippen molar-refractivity contribution in [1.29, 1.82) is 0 Å². The molecule has 132 valence electrons. The Balaban J connectivity index is 1.51. The molecule has 0 bridgehead atoms. The molecule has 0 aliphatic carbocycles. The van der Waals surface area contributed by atoms with Gasteiger partial charge in [0.25, 0.3) is 5.91 Å². The number of nitrogens with zero attached hydrogens (tertiary/aromatic N) is 1. The van der Waals surface area contributed by atoms with Gasteiger partial charge in [0.1, 0.15) is 5.82 Å². The number of hydrogen-bond donors (Lipinski definition) is 1. The van der Waals surface area contributed by atoms with E-state index in [1.165, 1.54) is 29.3 Å². The van der Waals surface area contributed by atoms with Gasteiger partial charge >= 0.3 is 0 Å². The van der Waals surface area contributed by atoms with Crippen LogP contribution in [0.3, 0.4) is 0 Å². The number of likely N-dealkylation sites (tertiary alicyclic amines) is 1. The van der Waals surface area contributed by atoms with Crippen LogP contribution in [0.15, 0.2) is 42.5 Å². The molecule has 1 N–H and O–H groups in total. The first-order valence-corrected chi connectivity index (χ1v) is 8.93. The second-order valence-electron chi connectivity index (χ2n) is 6.64. The molecule has 1 aliphatic heterocycles. The van der Waals surface area contributed by atoms with Gasteiger partial charge in [-0.2, -0.15) is 0 Å². The lowest BCUT2D eigenvalue weighted by Crippen LogP contribution is -2.44. The van der Waals surface area contributed by atoms with Crippen LogP contribution in [0, 0.1) is 12.7 Å². The Bertz CT molecular complexity index is 757. The Labute approximate surface area is 152 Å². The van der Waals surface area contributed by atoms with Crippen LogP contribution in [0.25, 0.3) is 0 Å². The molecule has 1 aliphatic rings. The van der Waals surface area contributed by atoms with E-state index in [1.807, 2.05) is 0 Å². The molecule has 5 heteroatoms. The second-order valence-corrected chi connectivity index (χ2v) is 7.04. The topological polar surface area (TPSA) is 32.3 Å². The monoisotopic (exact) mass is 360 g/mol. The first kappa shape index (κ1) is 17.9. The van der Waals surface area contributed by atoms with E-state index in [-0.39, 0.29) is 17.0 Å². The normalized spacial score (nSPS) is 16.0. The third-order valence-corrected chi connectivity index (χ3v) is 4.90. The SMILES string of the molecule is Cc1cccc(CN2CCC(NC(=O)c3ccc(F)cc3Cl)CC2)c1. The molecule has 0 atom stereocenters. The van der Waals surface area contributed by atoms with Crippen molar-refractivity contribution in [3.05, 3.63) is 70.0 Å². The van der Waals surface area contributed by atoms with Crippen LogP contribution in [-0.4, -0.2) is 29.9 Å². The Morgan fingerprint density at radius 2 is 2.00 bits per heavy atom. The second kappa shape index (κ2) is 7.98. The van der Waals surface area contributed by atoms with Crippen molar-refractivity contribution >= 4 is 17.5 Å². The Hall–Kier alpha value is -1.91. The molecular formula is C20H22ClFN2O. The molecule has 0 aromatic heterocycles. The maximum atomic E-state index is 13.1. The van der Waals surface area contributed by atoms with E-state index in [9.17, 15) is 9.18 Å². The van der Waals surface area contributed by atoms with Crippen molar-refractivity contribution in [2.24, 2.45) is 0 Å². The lowest BCUT2D eigenvalue weighted by molar-refractivity contribution is 0.0909. The summed E-state index contributed by atoms with van der Waals surface area (Å²) < 4.78 is 13.1. The van der Waals surface area contributed by atoms with Gasteiger partial charge in [-0.25, -0.2) is 4.39 Å². The average Bonchev–Trinajstić information content (AvgIpc) is 2.56. The summed E-state index contributed by atoms with van der Waals surface area (Å²) in [7, 11) is 0. The lowest BCUT2D eigenvalue weighted by atomic mass is 10.0. The van der Waals surface area contributed by atoms with Crippen molar-refractivity contribution in [3.8, 4) is 0 Å². The van der Waals surface area contributed by atoms with Crippen LogP contribution in [0.5, 0.6) is 0 Å². The number of rotatable bonds is 4. The summed E-state index contributed by atoms with van der Waals surface area (Å²) >= 11 is 5.96. The predicted molar refractivity (Wildman–Crippen MR) is 98.4 cm³/mol. The standard InChI is InChI=1S/C20H22ClFN2O/c1-14-3-2-4-15(11-14)13-24-9-7-17(8-10-24)23-20(25)18-6-5-16(22)12-19(18)21/h2-6,11-12,17H,7-10,13H2,1H3,(H,23,25). The molecule has 1 fully saturated rings. The highest BCUT2D eigenvalue weighted by atomic mass is 35.5. The molecule has 1 saturated heterocycles. The Kier molecular flexibility index (Phi) is 5.71. The fraction of sp³-hybridized carbons (Fsp3) is 0.350. The third kappa shape index (κ3) is 4.80. The highest BCUT2D eigenvalue weighted by Crippen LogP contribution is 2.19. The maximum Gasteiger partial charge on any atom is 0.253 e. The van der Waals surface area contributed by atoms with Crippen molar-refractivity contribution < 1.29 is 9.18 Å². The Morgan fingerprint density at radius 3 is 2.68 bits per heavy atom. The van der Waals surface area contributed by atoms with Crippen LogP contribution in [-0.2, 0) is 6.54 Å². The molecule has 3 rings (SSSR count). The van der Waals surface area contributed by atoms with E-state index < -0.39 is 5.82 Å². The highest BCUT2D eigenvalue weighted by molar-refractivity contribution is 6.33. The minimum atomic E-state index is -0.439. The minimum absolute atomic E-state index is 0.127. The number of halogens is 2. The van der Waals surface area contributed by atoms with E-state index in [0.29, 0.717) is 5.56 Å². The number of carbonyl (C=O) groups is 1. The zero-order chi connectivity index (χ0) is 17.8. The molecule has 0 unspecified atom stereocenters. The van der Waals surface area contributed by atoms with Gasteiger partial charge in [0.15, 0.2) is 0 Å². The summed E-state index contributed by atoms with van der Waals surface area (Å²) in [6, 6.07) is 12.5. The van der Waals surface area contributed by atoms with E-state index in [4.69, 9.17) is 11.6 Å². The molecule has 1 amide bonds. The van der Waals surface area contributed by atoms with Crippen LogP contribution >= 0.6 is 11.6 Å². The fourth-order valence-electron chi connectivity index (χ4n) is 3.24. The molecule has 0 radical (unpaired) electrons. The van der Waals surface area contributed by atoms with Crippen LogP contribution in [0.2, 0.25) is 5.02 Å². The summed E-state index contributed by atoms with van der Waals surface area (Å²) in [6.07, 6.45) is 1.80. The highest BCUT2D eigenvalue weighted by Gasteiger charge is 2.22. The quantitative estimate of drug-likeness (QED) is 0.887.